The van der Waals surface area contributed by atoms with E-state index in [0.29, 0.717) is 40.3 Å². The maximum atomic E-state index is 13.9. The molecular formula is C29H33NO7. The van der Waals surface area contributed by atoms with Crippen molar-refractivity contribution < 1.29 is 33.3 Å². The van der Waals surface area contributed by atoms with Crippen molar-refractivity contribution in [3.8, 4) is 17.2 Å². The van der Waals surface area contributed by atoms with Crippen LogP contribution in [0.1, 0.15) is 42.7 Å². The molecule has 1 N–H and O–H groups in total. The molecule has 0 aromatic heterocycles. The number of methoxy groups -OCH3 is 4. The Balaban J connectivity index is 1.84. The predicted molar refractivity (Wildman–Crippen MR) is 138 cm³/mol. The Bertz CT molecular complexity index is 1250. The molecule has 2 aromatic rings. The van der Waals surface area contributed by atoms with Gasteiger partial charge in [-0.05, 0) is 31.0 Å². The van der Waals surface area contributed by atoms with E-state index >= 15 is 0 Å². The molecule has 0 bridgehead atoms. The monoisotopic (exact) mass is 507 g/mol. The molecule has 0 amide bonds. The number of hydrogen-bond acceptors (Lipinski definition) is 8. The summed E-state index contributed by atoms with van der Waals surface area (Å²) in [5.74, 6) is 0.436. The summed E-state index contributed by atoms with van der Waals surface area (Å²) < 4.78 is 27.4. The number of ketones is 1. The minimum absolute atomic E-state index is 0.0470. The Morgan fingerprint density at radius 2 is 1.59 bits per heavy atom. The molecule has 0 spiro atoms. The van der Waals surface area contributed by atoms with Crippen molar-refractivity contribution in [3.05, 3.63) is 76.1 Å². The van der Waals surface area contributed by atoms with Gasteiger partial charge in [0.15, 0.2) is 17.3 Å². The zero-order valence-corrected chi connectivity index (χ0v) is 21.9. The van der Waals surface area contributed by atoms with Crippen molar-refractivity contribution in [1.82, 2.24) is 5.32 Å². The van der Waals surface area contributed by atoms with Gasteiger partial charge in [-0.15, -0.1) is 0 Å². The molecule has 0 radical (unpaired) electrons. The molecule has 1 aliphatic heterocycles. The fourth-order valence-electron chi connectivity index (χ4n) is 5.28. The normalized spacial score (nSPS) is 19.2. The number of rotatable bonds is 9. The van der Waals surface area contributed by atoms with Crippen LogP contribution in [0, 0.1) is 0 Å². The number of Topliss-reactive ketones (excluding diaryl/α,β-unsaturated/α-hetero) is 1. The summed E-state index contributed by atoms with van der Waals surface area (Å²) in [6.07, 6.45) is 0.877. The van der Waals surface area contributed by atoms with E-state index < -0.39 is 11.9 Å². The third-order valence-electron chi connectivity index (χ3n) is 6.89. The van der Waals surface area contributed by atoms with Crippen LogP contribution in [0.25, 0.3) is 0 Å². The Morgan fingerprint density at radius 1 is 0.892 bits per heavy atom. The molecule has 4 rings (SSSR count). The van der Waals surface area contributed by atoms with Gasteiger partial charge in [-0.25, -0.2) is 4.79 Å². The first-order chi connectivity index (χ1) is 17.9. The van der Waals surface area contributed by atoms with Crippen molar-refractivity contribution >= 4 is 11.8 Å². The first-order valence-corrected chi connectivity index (χ1v) is 12.2. The molecule has 37 heavy (non-hydrogen) atoms. The van der Waals surface area contributed by atoms with Crippen LogP contribution in [0.3, 0.4) is 0 Å². The van der Waals surface area contributed by atoms with Crippen LogP contribution in [0.2, 0.25) is 0 Å². The van der Waals surface area contributed by atoms with Crippen LogP contribution in [0.15, 0.2) is 65.0 Å². The number of para-hydroxylation sites is 2. The highest BCUT2D eigenvalue weighted by atomic mass is 16.6. The summed E-state index contributed by atoms with van der Waals surface area (Å²) in [6, 6.07) is 13.2. The highest BCUT2D eigenvalue weighted by molar-refractivity contribution is 6.04. The standard InChI is InChI=1S/C29H33NO7/c1-17-25(29(32)37-14-13-33-2)26(20-10-8-12-24(35-4)28(20)36-5)27-21(30-17)15-18(16-22(27)31)19-9-6-7-11-23(19)34-3/h6-12,18,26,30H,13-16H2,1-5H3/t18-,26+/m1/s1. The van der Waals surface area contributed by atoms with Gasteiger partial charge < -0.3 is 29.0 Å². The second-order valence-corrected chi connectivity index (χ2v) is 8.97. The summed E-state index contributed by atoms with van der Waals surface area (Å²) >= 11 is 0. The number of hydrogen-bond donors (Lipinski definition) is 1. The van der Waals surface area contributed by atoms with Gasteiger partial charge in [-0.1, -0.05) is 30.3 Å². The van der Waals surface area contributed by atoms with Gasteiger partial charge in [-0.2, -0.15) is 0 Å². The number of dihydropyridines is 1. The number of benzene rings is 2. The first-order valence-electron chi connectivity index (χ1n) is 12.2. The van der Waals surface area contributed by atoms with Crippen LogP contribution in [0.4, 0.5) is 0 Å². The molecule has 8 heteroatoms. The van der Waals surface area contributed by atoms with Gasteiger partial charge in [0, 0.05) is 42.0 Å². The average Bonchev–Trinajstić information content (AvgIpc) is 2.91. The number of ether oxygens (including phenoxy) is 5. The molecule has 2 atom stereocenters. The molecule has 196 valence electrons. The molecule has 0 unspecified atom stereocenters. The number of esters is 1. The molecule has 1 aliphatic carbocycles. The van der Waals surface area contributed by atoms with Crippen LogP contribution in [-0.4, -0.2) is 53.4 Å². The summed E-state index contributed by atoms with van der Waals surface area (Å²) in [4.78, 5) is 27.3. The molecular weight excluding hydrogens is 474 g/mol. The fraction of sp³-hybridized carbons (Fsp3) is 0.379. The van der Waals surface area contributed by atoms with Crippen molar-refractivity contribution in [1.29, 1.82) is 0 Å². The van der Waals surface area contributed by atoms with E-state index in [0.717, 1.165) is 17.0 Å². The van der Waals surface area contributed by atoms with E-state index in [1.165, 1.54) is 0 Å². The minimum atomic E-state index is -0.678. The van der Waals surface area contributed by atoms with Crippen molar-refractivity contribution in [3.63, 3.8) is 0 Å². The Hall–Kier alpha value is -3.78. The number of nitrogens with one attached hydrogen (secondary N) is 1. The van der Waals surface area contributed by atoms with E-state index in [2.05, 4.69) is 5.32 Å². The Morgan fingerprint density at radius 3 is 2.30 bits per heavy atom. The maximum Gasteiger partial charge on any atom is 0.336 e. The number of carbonyl (C=O) groups excluding carboxylic acids is 2. The van der Waals surface area contributed by atoms with E-state index in [9.17, 15) is 9.59 Å². The number of allylic oxidation sites excluding steroid dienone is 3. The van der Waals surface area contributed by atoms with E-state index in [4.69, 9.17) is 23.7 Å². The summed E-state index contributed by atoms with van der Waals surface area (Å²) in [5.41, 5.74) is 3.97. The van der Waals surface area contributed by atoms with Crippen LogP contribution in [0.5, 0.6) is 17.2 Å². The van der Waals surface area contributed by atoms with Crippen LogP contribution in [-0.2, 0) is 19.1 Å². The maximum absolute atomic E-state index is 13.9. The summed E-state index contributed by atoms with van der Waals surface area (Å²) in [5, 5.41) is 3.37. The lowest BCUT2D eigenvalue weighted by molar-refractivity contribution is -0.140. The van der Waals surface area contributed by atoms with Crippen LogP contribution < -0.4 is 19.5 Å². The second-order valence-electron chi connectivity index (χ2n) is 8.97. The van der Waals surface area contributed by atoms with Crippen molar-refractivity contribution in [2.45, 2.75) is 31.6 Å². The highest BCUT2D eigenvalue weighted by Crippen LogP contribution is 2.50. The van der Waals surface area contributed by atoms with E-state index in [-0.39, 0.29) is 31.3 Å². The third-order valence-corrected chi connectivity index (χ3v) is 6.89. The molecule has 8 nitrogen and oxygen atoms in total. The predicted octanol–water partition coefficient (Wildman–Crippen LogP) is 4.26. The van der Waals surface area contributed by atoms with Gasteiger partial charge in [-0.3, -0.25) is 4.79 Å². The van der Waals surface area contributed by atoms with Gasteiger partial charge in [0.05, 0.1) is 39.4 Å². The molecule has 0 saturated heterocycles. The number of carbonyl (C=O) groups is 2. The SMILES string of the molecule is COCCOC(=O)C1=C(C)NC2=C(C(=O)C[C@H](c3ccccc3OC)C2)[C@H]1c1cccc(OC)c1OC. The van der Waals surface area contributed by atoms with E-state index in [1.807, 2.05) is 43.3 Å². The molecule has 0 fully saturated rings. The fourth-order valence-corrected chi connectivity index (χ4v) is 5.28. The van der Waals surface area contributed by atoms with Crippen LogP contribution >= 0.6 is 0 Å². The average molecular weight is 508 g/mol. The lowest BCUT2D eigenvalue weighted by Gasteiger charge is -2.37. The van der Waals surface area contributed by atoms with Crippen molar-refractivity contribution in [2.24, 2.45) is 0 Å². The zero-order chi connectivity index (χ0) is 26.5. The molecule has 0 saturated carbocycles. The van der Waals surface area contributed by atoms with Gasteiger partial charge >= 0.3 is 5.97 Å². The lowest BCUT2D eigenvalue weighted by Crippen LogP contribution is -2.36. The lowest BCUT2D eigenvalue weighted by atomic mass is 9.71. The van der Waals surface area contributed by atoms with Gasteiger partial charge in [0.25, 0.3) is 0 Å². The molecule has 1 heterocycles. The molecule has 2 aromatic carbocycles. The minimum Gasteiger partial charge on any atom is -0.496 e. The largest absolute Gasteiger partial charge is 0.496 e. The Kier molecular flexibility index (Phi) is 8.18. The molecule has 2 aliphatic rings. The highest BCUT2D eigenvalue weighted by Gasteiger charge is 2.43. The zero-order valence-electron chi connectivity index (χ0n) is 21.9. The summed E-state index contributed by atoms with van der Waals surface area (Å²) in [7, 11) is 6.28. The van der Waals surface area contributed by atoms with E-state index in [1.54, 1.807) is 34.5 Å². The second kappa shape index (κ2) is 11.5. The van der Waals surface area contributed by atoms with Gasteiger partial charge in [0.2, 0.25) is 0 Å². The first kappa shape index (κ1) is 26.3. The Labute approximate surface area is 217 Å². The smallest absolute Gasteiger partial charge is 0.336 e. The quantitative estimate of drug-likeness (QED) is 0.398. The van der Waals surface area contributed by atoms with Crippen molar-refractivity contribution in [2.75, 3.05) is 41.7 Å². The van der Waals surface area contributed by atoms with Gasteiger partial charge in [0.1, 0.15) is 12.4 Å². The third kappa shape index (κ3) is 5.06. The summed E-state index contributed by atoms with van der Waals surface area (Å²) in [6.45, 7) is 2.20. The topological polar surface area (TPSA) is 92.3 Å².